The minimum atomic E-state index is 0.685. The molecule has 1 aliphatic carbocycles. The van der Waals surface area contributed by atoms with Crippen LogP contribution >= 0.6 is 0 Å². The first kappa shape index (κ1) is 12.9. The van der Waals surface area contributed by atoms with Gasteiger partial charge in [0.2, 0.25) is 5.88 Å². The minimum absolute atomic E-state index is 0.685. The van der Waals surface area contributed by atoms with Crippen molar-refractivity contribution in [1.82, 2.24) is 15.2 Å². The molecule has 1 aromatic heterocycles. The molecule has 104 valence electrons. The molecule has 4 nitrogen and oxygen atoms in total. The molecular formula is C15H23N3O. The molecule has 1 aliphatic heterocycles. The van der Waals surface area contributed by atoms with Crippen molar-refractivity contribution >= 4 is 0 Å². The Bertz CT molecular complexity index is 420. The smallest absolute Gasteiger partial charge is 0.213 e. The zero-order valence-corrected chi connectivity index (χ0v) is 11.6. The van der Waals surface area contributed by atoms with E-state index >= 15 is 0 Å². The Morgan fingerprint density at radius 1 is 1.37 bits per heavy atom. The third-order valence-electron chi connectivity index (χ3n) is 3.97. The van der Waals surface area contributed by atoms with Crippen LogP contribution in [-0.2, 0) is 6.54 Å². The topological polar surface area (TPSA) is 37.4 Å². The summed E-state index contributed by atoms with van der Waals surface area (Å²) in [5.74, 6) is 0.710. The predicted molar refractivity (Wildman–Crippen MR) is 75.2 cm³/mol. The maximum absolute atomic E-state index is 5.18. The van der Waals surface area contributed by atoms with Gasteiger partial charge in [0.25, 0.3) is 0 Å². The van der Waals surface area contributed by atoms with E-state index in [1.807, 2.05) is 12.3 Å². The second-order valence-electron chi connectivity index (χ2n) is 5.72. The molecule has 1 aromatic rings. The van der Waals surface area contributed by atoms with Crippen LogP contribution in [0.1, 0.15) is 31.2 Å². The van der Waals surface area contributed by atoms with Crippen molar-refractivity contribution in [3.63, 3.8) is 0 Å². The summed E-state index contributed by atoms with van der Waals surface area (Å²) < 4.78 is 5.18. The number of ether oxygens (including phenoxy) is 1. The zero-order chi connectivity index (χ0) is 13.1. The van der Waals surface area contributed by atoms with Crippen molar-refractivity contribution in [2.45, 2.75) is 44.3 Å². The third-order valence-corrected chi connectivity index (χ3v) is 3.97. The lowest BCUT2D eigenvalue weighted by atomic mass is 10.0. The summed E-state index contributed by atoms with van der Waals surface area (Å²) >= 11 is 0. The highest BCUT2D eigenvalue weighted by molar-refractivity contribution is 5.20. The van der Waals surface area contributed by atoms with Crippen LogP contribution in [-0.4, -0.2) is 42.2 Å². The standard InChI is InChI=1S/C15H23N3O/c1-19-15-9-12(6-7-16-15)10-18-8-2-3-14(11-18)17-13-4-5-13/h6-7,9,13-14,17H,2-5,8,10-11H2,1H3. The monoisotopic (exact) mass is 261 g/mol. The molecule has 4 heteroatoms. The van der Waals surface area contributed by atoms with E-state index in [2.05, 4.69) is 21.3 Å². The molecule has 1 unspecified atom stereocenters. The molecule has 2 fully saturated rings. The van der Waals surface area contributed by atoms with Crippen molar-refractivity contribution in [2.75, 3.05) is 20.2 Å². The Hall–Kier alpha value is -1.13. The molecular weight excluding hydrogens is 238 g/mol. The van der Waals surface area contributed by atoms with Gasteiger partial charge in [-0.2, -0.15) is 0 Å². The fourth-order valence-corrected chi connectivity index (χ4v) is 2.84. The van der Waals surface area contributed by atoms with Gasteiger partial charge < -0.3 is 10.1 Å². The van der Waals surface area contributed by atoms with Crippen LogP contribution in [0.4, 0.5) is 0 Å². The number of pyridine rings is 1. The molecule has 19 heavy (non-hydrogen) atoms. The maximum atomic E-state index is 5.18. The van der Waals surface area contributed by atoms with Gasteiger partial charge in [0.1, 0.15) is 0 Å². The van der Waals surface area contributed by atoms with Crippen LogP contribution in [0.25, 0.3) is 0 Å². The van der Waals surface area contributed by atoms with Gasteiger partial charge in [0.05, 0.1) is 7.11 Å². The maximum Gasteiger partial charge on any atom is 0.213 e. The Balaban J connectivity index is 1.55. The number of rotatable bonds is 5. The van der Waals surface area contributed by atoms with Crippen molar-refractivity contribution < 1.29 is 4.74 Å². The van der Waals surface area contributed by atoms with Crippen LogP contribution in [0.2, 0.25) is 0 Å². The van der Waals surface area contributed by atoms with Gasteiger partial charge in [-0.15, -0.1) is 0 Å². The molecule has 2 aliphatic rings. The molecule has 3 rings (SSSR count). The van der Waals surface area contributed by atoms with Crippen molar-refractivity contribution in [3.8, 4) is 5.88 Å². The lowest BCUT2D eigenvalue weighted by Gasteiger charge is -2.33. The summed E-state index contributed by atoms with van der Waals surface area (Å²) in [4.78, 5) is 6.70. The number of hydrogen-bond acceptors (Lipinski definition) is 4. The molecule has 1 atom stereocenters. The lowest BCUT2D eigenvalue weighted by Crippen LogP contribution is -2.46. The summed E-state index contributed by atoms with van der Waals surface area (Å²) in [6, 6.07) is 5.62. The molecule has 0 radical (unpaired) electrons. The van der Waals surface area contributed by atoms with E-state index in [9.17, 15) is 0 Å². The lowest BCUT2D eigenvalue weighted by molar-refractivity contribution is 0.182. The Kier molecular flexibility index (Phi) is 3.99. The second kappa shape index (κ2) is 5.88. The Morgan fingerprint density at radius 3 is 3.05 bits per heavy atom. The predicted octanol–water partition coefficient (Wildman–Crippen LogP) is 1.81. The molecule has 1 saturated carbocycles. The summed E-state index contributed by atoms with van der Waals surface area (Å²) in [5, 5.41) is 3.75. The summed E-state index contributed by atoms with van der Waals surface area (Å²) in [6.45, 7) is 3.37. The van der Waals surface area contributed by atoms with Gasteiger partial charge in [-0.1, -0.05) is 0 Å². The van der Waals surface area contributed by atoms with E-state index in [1.165, 1.54) is 44.3 Å². The first-order valence-corrected chi connectivity index (χ1v) is 7.31. The molecule has 0 spiro atoms. The van der Waals surface area contributed by atoms with Gasteiger partial charge in [0.15, 0.2) is 0 Å². The van der Waals surface area contributed by atoms with Crippen LogP contribution in [0.3, 0.4) is 0 Å². The normalized spacial score (nSPS) is 24.4. The number of methoxy groups -OCH3 is 1. The second-order valence-corrected chi connectivity index (χ2v) is 5.72. The molecule has 0 aromatic carbocycles. The highest BCUT2D eigenvalue weighted by Gasteiger charge is 2.27. The fourth-order valence-electron chi connectivity index (χ4n) is 2.84. The Labute approximate surface area is 115 Å². The van der Waals surface area contributed by atoms with Gasteiger partial charge in [0, 0.05) is 37.4 Å². The van der Waals surface area contributed by atoms with Gasteiger partial charge in [-0.25, -0.2) is 4.98 Å². The van der Waals surface area contributed by atoms with Gasteiger partial charge >= 0.3 is 0 Å². The first-order chi connectivity index (χ1) is 9.33. The molecule has 2 heterocycles. The van der Waals surface area contributed by atoms with E-state index in [4.69, 9.17) is 4.74 Å². The van der Waals surface area contributed by atoms with Crippen LogP contribution < -0.4 is 10.1 Å². The van der Waals surface area contributed by atoms with E-state index in [1.54, 1.807) is 7.11 Å². The number of piperidine rings is 1. The molecule has 0 bridgehead atoms. The quantitative estimate of drug-likeness (QED) is 0.877. The van der Waals surface area contributed by atoms with E-state index in [0.717, 1.165) is 12.6 Å². The summed E-state index contributed by atoms with van der Waals surface area (Å²) in [5.41, 5.74) is 1.29. The average Bonchev–Trinajstić information content (AvgIpc) is 3.23. The van der Waals surface area contributed by atoms with E-state index < -0.39 is 0 Å². The molecule has 1 N–H and O–H groups in total. The number of nitrogens with zero attached hydrogens (tertiary/aromatic N) is 2. The third kappa shape index (κ3) is 3.67. The average molecular weight is 261 g/mol. The van der Waals surface area contributed by atoms with Gasteiger partial charge in [-0.05, 0) is 43.9 Å². The largest absolute Gasteiger partial charge is 0.481 e. The summed E-state index contributed by atoms with van der Waals surface area (Å²) in [7, 11) is 1.67. The SMILES string of the molecule is COc1cc(CN2CCCC(NC3CC3)C2)ccn1. The van der Waals surface area contributed by atoms with E-state index in [-0.39, 0.29) is 0 Å². The number of nitrogens with one attached hydrogen (secondary N) is 1. The number of hydrogen-bond donors (Lipinski definition) is 1. The highest BCUT2D eigenvalue weighted by Crippen LogP contribution is 2.22. The van der Waals surface area contributed by atoms with Crippen LogP contribution in [0.15, 0.2) is 18.3 Å². The van der Waals surface area contributed by atoms with Crippen molar-refractivity contribution in [3.05, 3.63) is 23.9 Å². The summed E-state index contributed by atoms with van der Waals surface area (Å²) in [6.07, 6.45) is 7.20. The minimum Gasteiger partial charge on any atom is -0.481 e. The zero-order valence-electron chi connectivity index (χ0n) is 11.6. The first-order valence-electron chi connectivity index (χ1n) is 7.31. The number of aromatic nitrogens is 1. The fraction of sp³-hybridized carbons (Fsp3) is 0.667. The molecule has 0 amide bonds. The number of likely N-dealkylation sites (tertiary alicyclic amines) is 1. The van der Waals surface area contributed by atoms with E-state index in [0.29, 0.717) is 11.9 Å². The van der Waals surface area contributed by atoms with Crippen LogP contribution in [0, 0.1) is 0 Å². The highest BCUT2D eigenvalue weighted by atomic mass is 16.5. The van der Waals surface area contributed by atoms with Crippen LogP contribution in [0.5, 0.6) is 5.88 Å². The molecule has 1 saturated heterocycles. The van der Waals surface area contributed by atoms with Crippen molar-refractivity contribution in [1.29, 1.82) is 0 Å². The Morgan fingerprint density at radius 2 is 2.26 bits per heavy atom. The van der Waals surface area contributed by atoms with Crippen molar-refractivity contribution in [2.24, 2.45) is 0 Å². The van der Waals surface area contributed by atoms with Gasteiger partial charge in [-0.3, -0.25) is 4.90 Å².